The number of carbonyl (C=O) groups excluding carboxylic acids is 1. The smallest absolute Gasteiger partial charge is 0.277 e. The minimum absolute atomic E-state index is 0.0280. The highest BCUT2D eigenvalue weighted by atomic mass is 35.5. The summed E-state index contributed by atoms with van der Waals surface area (Å²) >= 11 is 9.16. The SMILES string of the molecule is O=C(CSc1nnc(-c2ccccc2Cl)o1)N1CCSc2ccccc21. The molecule has 26 heavy (non-hydrogen) atoms. The summed E-state index contributed by atoms with van der Waals surface area (Å²) in [6.45, 7) is 0.704. The lowest BCUT2D eigenvalue weighted by Crippen LogP contribution is -2.36. The number of fused-ring (bicyclic) bond motifs is 1. The van der Waals surface area contributed by atoms with E-state index in [1.54, 1.807) is 17.8 Å². The van der Waals surface area contributed by atoms with Gasteiger partial charge in [0.2, 0.25) is 11.8 Å². The zero-order chi connectivity index (χ0) is 17.9. The van der Waals surface area contributed by atoms with E-state index in [2.05, 4.69) is 10.2 Å². The summed E-state index contributed by atoms with van der Waals surface area (Å²) in [6, 6.07) is 15.2. The lowest BCUT2D eigenvalue weighted by molar-refractivity contribution is -0.116. The van der Waals surface area contributed by atoms with Crippen LogP contribution in [-0.2, 0) is 4.79 Å². The predicted octanol–water partition coefficient (Wildman–Crippen LogP) is 4.62. The van der Waals surface area contributed by atoms with E-state index in [1.807, 2.05) is 47.4 Å². The number of thioether (sulfide) groups is 2. The van der Waals surface area contributed by atoms with Gasteiger partial charge >= 0.3 is 0 Å². The molecule has 0 saturated heterocycles. The van der Waals surface area contributed by atoms with Crippen molar-refractivity contribution >= 4 is 46.7 Å². The molecule has 0 bridgehead atoms. The van der Waals surface area contributed by atoms with Gasteiger partial charge in [-0.05, 0) is 24.3 Å². The van der Waals surface area contributed by atoms with Gasteiger partial charge in [0.1, 0.15) is 0 Å². The van der Waals surface area contributed by atoms with Crippen LogP contribution in [0, 0.1) is 0 Å². The topological polar surface area (TPSA) is 59.2 Å². The highest BCUT2D eigenvalue weighted by Crippen LogP contribution is 2.35. The molecule has 0 fully saturated rings. The van der Waals surface area contributed by atoms with E-state index in [1.165, 1.54) is 11.8 Å². The Morgan fingerprint density at radius 1 is 1.19 bits per heavy atom. The number of amides is 1. The number of benzene rings is 2. The van der Waals surface area contributed by atoms with Crippen LogP contribution in [0.15, 0.2) is 63.1 Å². The number of rotatable bonds is 4. The Morgan fingerprint density at radius 3 is 2.88 bits per heavy atom. The molecule has 0 radical (unpaired) electrons. The van der Waals surface area contributed by atoms with Crippen LogP contribution in [0.25, 0.3) is 11.5 Å². The molecule has 0 unspecified atom stereocenters. The maximum Gasteiger partial charge on any atom is 0.277 e. The number of hydrogen-bond donors (Lipinski definition) is 0. The van der Waals surface area contributed by atoms with Crippen LogP contribution >= 0.6 is 35.1 Å². The van der Waals surface area contributed by atoms with Crippen molar-refractivity contribution in [3.8, 4) is 11.5 Å². The number of para-hydroxylation sites is 1. The first-order chi connectivity index (χ1) is 12.7. The van der Waals surface area contributed by atoms with Crippen molar-refractivity contribution in [2.45, 2.75) is 10.1 Å². The third-order valence-corrected chi connectivity index (χ3v) is 6.04. The van der Waals surface area contributed by atoms with Crippen molar-refractivity contribution < 1.29 is 9.21 Å². The van der Waals surface area contributed by atoms with Crippen LogP contribution in [0.2, 0.25) is 5.02 Å². The van der Waals surface area contributed by atoms with Crippen molar-refractivity contribution in [1.29, 1.82) is 0 Å². The molecule has 3 aromatic rings. The Labute approximate surface area is 164 Å². The van der Waals surface area contributed by atoms with Crippen LogP contribution in [-0.4, -0.2) is 34.2 Å². The molecule has 0 N–H and O–H groups in total. The first-order valence-electron chi connectivity index (χ1n) is 7.96. The van der Waals surface area contributed by atoms with E-state index in [0.29, 0.717) is 28.2 Å². The van der Waals surface area contributed by atoms with Gasteiger partial charge in [-0.2, -0.15) is 0 Å². The summed E-state index contributed by atoms with van der Waals surface area (Å²) in [7, 11) is 0. The second kappa shape index (κ2) is 7.73. The first-order valence-corrected chi connectivity index (χ1v) is 10.3. The van der Waals surface area contributed by atoms with Crippen LogP contribution in [0.4, 0.5) is 5.69 Å². The molecule has 1 aliphatic heterocycles. The van der Waals surface area contributed by atoms with Crippen LogP contribution in [0.1, 0.15) is 0 Å². The summed E-state index contributed by atoms with van der Waals surface area (Å²) in [5.41, 5.74) is 1.65. The normalized spacial score (nSPS) is 13.5. The molecule has 8 heteroatoms. The van der Waals surface area contributed by atoms with E-state index in [9.17, 15) is 4.79 Å². The quantitative estimate of drug-likeness (QED) is 0.592. The van der Waals surface area contributed by atoms with E-state index in [0.717, 1.165) is 16.3 Å². The van der Waals surface area contributed by atoms with E-state index in [4.69, 9.17) is 16.0 Å². The average molecular weight is 404 g/mol. The molecule has 0 aliphatic carbocycles. The fourth-order valence-corrected chi connectivity index (χ4v) is 4.49. The third kappa shape index (κ3) is 3.60. The molecule has 1 aliphatic rings. The fraction of sp³-hybridized carbons (Fsp3) is 0.167. The van der Waals surface area contributed by atoms with Gasteiger partial charge in [-0.3, -0.25) is 4.79 Å². The van der Waals surface area contributed by atoms with Gasteiger partial charge in [-0.15, -0.1) is 22.0 Å². The molecule has 2 heterocycles. The molecular formula is C18H14ClN3O2S2. The molecule has 0 spiro atoms. The fourth-order valence-electron chi connectivity index (χ4n) is 2.64. The number of nitrogens with zero attached hydrogens (tertiary/aromatic N) is 3. The Bertz CT molecular complexity index is 947. The van der Waals surface area contributed by atoms with Gasteiger partial charge in [-0.1, -0.05) is 47.6 Å². The van der Waals surface area contributed by atoms with Crippen molar-refractivity contribution in [2.75, 3.05) is 23.0 Å². The Morgan fingerprint density at radius 2 is 2.00 bits per heavy atom. The van der Waals surface area contributed by atoms with E-state index >= 15 is 0 Å². The Hall–Kier alpha value is -1.96. The molecule has 0 saturated carbocycles. The monoisotopic (exact) mass is 403 g/mol. The summed E-state index contributed by atoms with van der Waals surface area (Å²) in [6.07, 6.45) is 0. The molecule has 5 nitrogen and oxygen atoms in total. The van der Waals surface area contributed by atoms with Crippen molar-refractivity contribution in [3.05, 3.63) is 53.6 Å². The third-order valence-electron chi connectivity index (χ3n) is 3.86. The lowest BCUT2D eigenvalue weighted by atomic mass is 10.2. The molecule has 1 aromatic heterocycles. The zero-order valence-corrected chi connectivity index (χ0v) is 16.0. The molecule has 132 valence electrons. The number of aromatic nitrogens is 2. The number of carbonyl (C=O) groups is 1. The zero-order valence-electron chi connectivity index (χ0n) is 13.6. The predicted molar refractivity (Wildman–Crippen MR) is 105 cm³/mol. The van der Waals surface area contributed by atoms with Crippen LogP contribution in [0.3, 0.4) is 0 Å². The number of halogens is 1. The summed E-state index contributed by atoms with van der Waals surface area (Å²) in [4.78, 5) is 15.6. The second-order valence-corrected chi connectivity index (χ2v) is 7.97. The maximum atomic E-state index is 12.6. The number of anilines is 1. The molecule has 4 rings (SSSR count). The minimum Gasteiger partial charge on any atom is -0.411 e. The standard InChI is InChI=1S/C18H14ClN3O2S2/c19-13-6-2-1-5-12(13)17-20-21-18(24-17)26-11-16(23)22-9-10-25-15-8-4-3-7-14(15)22/h1-8H,9-11H2. The van der Waals surface area contributed by atoms with Crippen molar-refractivity contribution in [1.82, 2.24) is 10.2 Å². The lowest BCUT2D eigenvalue weighted by Gasteiger charge is -2.28. The van der Waals surface area contributed by atoms with Crippen molar-refractivity contribution in [3.63, 3.8) is 0 Å². The number of hydrogen-bond acceptors (Lipinski definition) is 6. The molecular weight excluding hydrogens is 390 g/mol. The van der Waals surface area contributed by atoms with Gasteiger partial charge < -0.3 is 9.32 Å². The van der Waals surface area contributed by atoms with Gasteiger partial charge in [0.15, 0.2) is 0 Å². The van der Waals surface area contributed by atoms with E-state index in [-0.39, 0.29) is 11.7 Å². The first kappa shape index (κ1) is 17.5. The van der Waals surface area contributed by atoms with Gasteiger partial charge in [0, 0.05) is 17.2 Å². The van der Waals surface area contributed by atoms with Gasteiger partial charge in [0.25, 0.3) is 5.22 Å². The van der Waals surface area contributed by atoms with Crippen LogP contribution < -0.4 is 4.90 Å². The summed E-state index contributed by atoms with van der Waals surface area (Å²) < 4.78 is 5.64. The highest BCUT2D eigenvalue weighted by Gasteiger charge is 2.23. The largest absolute Gasteiger partial charge is 0.411 e. The van der Waals surface area contributed by atoms with Crippen molar-refractivity contribution in [2.24, 2.45) is 0 Å². The summed E-state index contributed by atoms with van der Waals surface area (Å²) in [5, 5.41) is 8.93. The average Bonchev–Trinajstić information content (AvgIpc) is 3.15. The Kier molecular flexibility index (Phi) is 5.19. The highest BCUT2D eigenvalue weighted by molar-refractivity contribution is 8.00. The molecule has 1 amide bonds. The Balaban J connectivity index is 1.44. The molecule has 0 atom stereocenters. The minimum atomic E-state index is 0.0280. The molecule has 2 aromatic carbocycles. The van der Waals surface area contributed by atoms with Gasteiger partial charge in [-0.25, -0.2) is 0 Å². The maximum absolute atomic E-state index is 12.6. The van der Waals surface area contributed by atoms with E-state index < -0.39 is 0 Å². The van der Waals surface area contributed by atoms with Gasteiger partial charge in [0.05, 0.1) is 22.0 Å². The summed E-state index contributed by atoms with van der Waals surface area (Å²) in [5.74, 6) is 1.51. The van der Waals surface area contributed by atoms with Crippen LogP contribution in [0.5, 0.6) is 0 Å². The second-order valence-electron chi connectivity index (χ2n) is 5.50.